The highest BCUT2D eigenvalue weighted by atomic mass is 19.1. The average molecular weight is 399 g/mol. The molecule has 7 nitrogen and oxygen atoms in total. The number of imide groups is 1. The van der Waals surface area contributed by atoms with Gasteiger partial charge in [-0.05, 0) is 50.5 Å². The predicted molar refractivity (Wildman–Crippen MR) is 103 cm³/mol. The van der Waals surface area contributed by atoms with Gasteiger partial charge in [0.1, 0.15) is 11.4 Å². The molecule has 1 aromatic heterocycles. The van der Waals surface area contributed by atoms with E-state index in [1.165, 1.54) is 31.2 Å². The SMILES string of the molecule is CC[C@@]1(c2ccc(F)cc2)NC(=O)N(CC(=O)c2[nH]c(C)c(C(C)=O)c2C)C1=O. The van der Waals surface area contributed by atoms with E-state index in [4.69, 9.17) is 0 Å². The molecule has 0 radical (unpaired) electrons. The summed E-state index contributed by atoms with van der Waals surface area (Å²) in [4.78, 5) is 54.0. The van der Waals surface area contributed by atoms with Crippen molar-refractivity contribution in [2.45, 2.75) is 39.7 Å². The number of ketones is 2. The fraction of sp³-hybridized carbons (Fsp3) is 0.333. The monoisotopic (exact) mass is 399 g/mol. The van der Waals surface area contributed by atoms with Gasteiger partial charge in [0.15, 0.2) is 11.6 Å². The number of rotatable bonds is 6. The number of aryl methyl sites for hydroxylation is 1. The van der Waals surface area contributed by atoms with Gasteiger partial charge in [0, 0.05) is 11.3 Å². The molecule has 0 spiro atoms. The van der Waals surface area contributed by atoms with Crippen molar-refractivity contribution in [3.05, 3.63) is 58.2 Å². The smallest absolute Gasteiger partial charge is 0.325 e. The van der Waals surface area contributed by atoms with Gasteiger partial charge < -0.3 is 10.3 Å². The molecule has 1 aliphatic rings. The zero-order valence-electron chi connectivity index (χ0n) is 16.7. The molecule has 1 aromatic carbocycles. The summed E-state index contributed by atoms with van der Waals surface area (Å²) < 4.78 is 13.3. The average Bonchev–Trinajstić information content (AvgIpc) is 3.10. The van der Waals surface area contributed by atoms with Gasteiger partial charge in [-0.2, -0.15) is 0 Å². The van der Waals surface area contributed by atoms with Crippen molar-refractivity contribution in [1.82, 2.24) is 15.2 Å². The highest BCUT2D eigenvalue weighted by molar-refractivity contribution is 6.12. The summed E-state index contributed by atoms with van der Waals surface area (Å²) in [6, 6.07) is 4.63. The maximum absolute atomic E-state index is 13.3. The van der Waals surface area contributed by atoms with Crippen LogP contribution in [0.2, 0.25) is 0 Å². The summed E-state index contributed by atoms with van der Waals surface area (Å²) in [5, 5.41) is 2.66. The predicted octanol–water partition coefficient (Wildman–Crippen LogP) is 3.01. The molecule has 8 heteroatoms. The zero-order chi connectivity index (χ0) is 21.5. The summed E-state index contributed by atoms with van der Waals surface area (Å²) in [7, 11) is 0. The van der Waals surface area contributed by atoms with Crippen molar-refractivity contribution >= 4 is 23.5 Å². The first-order chi connectivity index (χ1) is 13.6. The lowest BCUT2D eigenvalue weighted by Crippen LogP contribution is -2.43. The van der Waals surface area contributed by atoms with Crippen LogP contribution in [0, 0.1) is 19.7 Å². The topological polar surface area (TPSA) is 99.3 Å². The molecule has 2 N–H and O–H groups in total. The maximum atomic E-state index is 13.3. The highest BCUT2D eigenvalue weighted by Gasteiger charge is 2.51. The normalized spacial score (nSPS) is 18.9. The molecule has 0 saturated carbocycles. The Kier molecular flexibility index (Phi) is 5.13. The number of halogens is 1. The van der Waals surface area contributed by atoms with E-state index in [1.54, 1.807) is 20.8 Å². The summed E-state index contributed by atoms with van der Waals surface area (Å²) in [5.74, 6) is -1.68. The maximum Gasteiger partial charge on any atom is 0.325 e. The Morgan fingerprint density at radius 2 is 1.76 bits per heavy atom. The van der Waals surface area contributed by atoms with Crippen LogP contribution in [0.3, 0.4) is 0 Å². The van der Waals surface area contributed by atoms with Gasteiger partial charge in [0.25, 0.3) is 5.91 Å². The third kappa shape index (κ3) is 3.24. The lowest BCUT2D eigenvalue weighted by Gasteiger charge is -2.25. The van der Waals surface area contributed by atoms with Crippen LogP contribution in [-0.4, -0.2) is 39.9 Å². The van der Waals surface area contributed by atoms with Crippen LogP contribution in [0.5, 0.6) is 0 Å². The summed E-state index contributed by atoms with van der Waals surface area (Å²) in [5.41, 5.74) is 0.775. The Morgan fingerprint density at radius 1 is 1.14 bits per heavy atom. The standard InChI is InChI=1S/C21H22FN3O4/c1-5-21(14-6-8-15(22)9-7-14)19(28)25(20(29)24-21)10-16(27)18-11(2)17(13(4)26)12(3)23-18/h6-9,23H,5,10H2,1-4H3,(H,24,29)/t21-/m0/s1. The number of aromatic amines is 1. The molecule has 29 heavy (non-hydrogen) atoms. The molecule has 1 atom stereocenters. The number of Topliss-reactive ketones (excluding diaryl/α,β-unsaturated/α-hetero) is 2. The van der Waals surface area contributed by atoms with Crippen molar-refractivity contribution in [2.75, 3.05) is 6.54 Å². The van der Waals surface area contributed by atoms with Crippen molar-refractivity contribution < 1.29 is 23.6 Å². The van der Waals surface area contributed by atoms with Crippen LogP contribution in [0.4, 0.5) is 9.18 Å². The molecule has 3 rings (SSSR count). The number of nitrogens with one attached hydrogen (secondary N) is 2. The molecular weight excluding hydrogens is 377 g/mol. The number of hydrogen-bond donors (Lipinski definition) is 2. The summed E-state index contributed by atoms with van der Waals surface area (Å²) >= 11 is 0. The molecule has 3 amide bonds. The van der Waals surface area contributed by atoms with Gasteiger partial charge >= 0.3 is 6.03 Å². The minimum absolute atomic E-state index is 0.174. The van der Waals surface area contributed by atoms with E-state index in [-0.39, 0.29) is 17.9 Å². The number of aromatic nitrogens is 1. The van der Waals surface area contributed by atoms with Gasteiger partial charge in [-0.25, -0.2) is 9.18 Å². The second-order valence-electron chi connectivity index (χ2n) is 7.19. The molecule has 152 valence electrons. The van der Waals surface area contributed by atoms with Crippen molar-refractivity contribution in [3.8, 4) is 0 Å². The second-order valence-corrected chi connectivity index (χ2v) is 7.19. The molecular formula is C21H22FN3O4. The Morgan fingerprint density at radius 3 is 2.28 bits per heavy atom. The number of benzene rings is 1. The fourth-order valence-corrected chi connectivity index (χ4v) is 3.92. The Balaban J connectivity index is 1.91. The molecule has 1 fully saturated rings. The van der Waals surface area contributed by atoms with Crippen LogP contribution in [0.25, 0.3) is 0 Å². The molecule has 2 heterocycles. The third-order valence-electron chi connectivity index (χ3n) is 5.41. The Labute approximate surface area is 167 Å². The first-order valence-electron chi connectivity index (χ1n) is 9.25. The number of H-pyrrole nitrogens is 1. The number of urea groups is 1. The van der Waals surface area contributed by atoms with E-state index in [0.717, 1.165) is 4.90 Å². The van der Waals surface area contributed by atoms with Crippen LogP contribution >= 0.6 is 0 Å². The van der Waals surface area contributed by atoms with Crippen molar-refractivity contribution in [1.29, 1.82) is 0 Å². The van der Waals surface area contributed by atoms with Crippen LogP contribution in [0.1, 0.15) is 57.9 Å². The van der Waals surface area contributed by atoms with E-state index >= 15 is 0 Å². The van der Waals surface area contributed by atoms with Gasteiger partial charge in [-0.3, -0.25) is 19.3 Å². The minimum Gasteiger partial charge on any atom is -0.355 e. The van der Waals surface area contributed by atoms with E-state index in [9.17, 15) is 23.6 Å². The molecule has 2 aromatic rings. The Bertz CT molecular complexity index is 1030. The lowest BCUT2D eigenvalue weighted by atomic mass is 9.87. The molecule has 1 aliphatic heterocycles. The lowest BCUT2D eigenvalue weighted by molar-refractivity contribution is -0.131. The van der Waals surface area contributed by atoms with E-state index in [0.29, 0.717) is 22.4 Å². The fourth-order valence-electron chi connectivity index (χ4n) is 3.92. The largest absolute Gasteiger partial charge is 0.355 e. The molecule has 1 saturated heterocycles. The molecule has 0 bridgehead atoms. The quantitative estimate of drug-likeness (QED) is 0.576. The second kappa shape index (κ2) is 7.27. The summed E-state index contributed by atoms with van der Waals surface area (Å²) in [6.07, 6.45) is 0.239. The number of amides is 3. The molecule has 0 unspecified atom stereocenters. The number of nitrogens with zero attached hydrogens (tertiary/aromatic N) is 1. The van der Waals surface area contributed by atoms with E-state index < -0.39 is 35.6 Å². The summed E-state index contributed by atoms with van der Waals surface area (Å²) in [6.45, 7) is 6.00. The van der Waals surface area contributed by atoms with Crippen LogP contribution < -0.4 is 5.32 Å². The number of carbonyl (C=O) groups is 4. The number of carbonyl (C=O) groups excluding carboxylic acids is 4. The molecule has 0 aliphatic carbocycles. The minimum atomic E-state index is -1.35. The van der Waals surface area contributed by atoms with Gasteiger partial charge in [0.2, 0.25) is 0 Å². The third-order valence-corrected chi connectivity index (χ3v) is 5.41. The van der Waals surface area contributed by atoms with Gasteiger partial charge in [-0.15, -0.1) is 0 Å². The zero-order valence-corrected chi connectivity index (χ0v) is 16.7. The number of hydrogen-bond acceptors (Lipinski definition) is 4. The van der Waals surface area contributed by atoms with Crippen LogP contribution in [0.15, 0.2) is 24.3 Å². The van der Waals surface area contributed by atoms with Crippen LogP contribution in [-0.2, 0) is 10.3 Å². The van der Waals surface area contributed by atoms with Gasteiger partial charge in [-0.1, -0.05) is 19.1 Å². The highest BCUT2D eigenvalue weighted by Crippen LogP contribution is 2.33. The van der Waals surface area contributed by atoms with Gasteiger partial charge in [0.05, 0.1) is 12.2 Å². The Hall–Kier alpha value is -3.29. The van der Waals surface area contributed by atoms with Crippen molar-refractivity contribution in [3.63, 3.8) is 0 Å². The van der Waals surface area contributed by atoms with E-state index in [2.05, 4.69) is 10.3 Å². The first-order valence-corrected chi connectivity index (χ1v) is 9.25. The first kappa shape index (κ1) is 20.4. The van der Waals surface area contributed by atoms with Crippen molar-refractivity contribution in [2.24, 2.45) is 0 Å². The van der Waals surface area contributed by atoms with E-state index in [1.807, 2.05) is 0 Å².